The monoisotopic (exact) mass is 354 g/mol. The van der Waals surface area contributed by atoms with Crippen LogP contribution < -0.4 is 4.74 Å². The molecule has 1 aliphatic rings. The van der Waals surface area contributed by atoms with E-state index < -0.39 is 0 Å². The molecule has 0 atom stereocenters. The van der Waals surface area contributed by atoms with Crippen molar-refractivity contribution in [3.05, 3.63) is 66.1 Å². The maximum atomic E-state index is 12.7. The zero-order valence-corrected chi connectivity index (χ0v) is 15.3. The predicted octanol–water partition coefficient (Wildman–Crippen LogP) is 3.50. The van der Waals surface area contributed by atoms with Gasteiger partial charge in [0.2, 0.25) is 0 Å². The zero-order valence-electron chi connectivity index (χ0n) is 15.3. The second-order valence-corrected chi connectivity index (χ2v) is 6.56. The highest BCUT2D eigenvalue weighted by Crippen LogP contribution is 2.19. The zero-order chi connectivity index (χ0) is 18.4. The number of hydrogen-bond donors (Lipinski definition) is 0. The Labute approximate surface area is 154 Å². The molecule has 5 nitrogen and oxygen atoms in total. The second-order valence-electron chi connectivity index (χ2n) is 6.56. The molecule has 26 heavy (non-hydrogen) atoms. The molecule has 0 radical (unpaired) electrons. The molecule has 2 heterocycles. The van der Waals surface area contributed by atoms with Crippen molar-refractivity contribution in [2.75, 3.05) is 32.7 Å². The van der Waals surface area contributed by atoms with Crippen LogP contribution in [0.15, 0.2) is 53.5 Å². The summed E-state index contributed by atoms with van der Waals surface area (Å²) in [5.74, 6) is 1.81. The molecule has 1 fully saturated rings. The molecule has 0 N–H and O–H groups in total. The maximum Gasteiger partial charge on any atom is 0.289 e. The maximum absolute atomic E-state index is 12.7. The fourth-order valence-corrected chi connectivity index (χ4v) is 3.13. The Hall–Kier alpha value is -2.53. The highest BCUT2D eigenvalue weighted by atomic mass is 16.5. The normalized spacial score (nSPS) is 15.5. The Bertz CT molecular complexity index is 753. The number of rotatable bonds is 6. The van der Waals surface area contributed by atoms with Crippen LogP contribution in [0.2, 0.25) is 0 Å². The van der Waals surface area contributed by atoms with Crippen LogP contribution in [-0.2, 0) is 6.61 Å². The van der Waals surface area contributed by atoms with E-state index in [1.54, 1.807) is 6.07 Å². The summed E-state index contributed by atoms with van der Waals surface area (Å²) in [4.78, 5) is 16.9. The van der Waals surface area contributed by atoms with Crippen LogP contribution in [0, 0.1) is 6.92 Å². The molecule has 0 unspecified atom stereocenters. The number of para-hydroxylation sites is 1. The molecule has 1 amide bonds. The lowest BCUT2D eigenvalue weighted by Gasteiger charge is -2.20. The fourth-order valence-electron chi connectivity index (χ4n) is 3.13. The molecule has 1 aromatic heterocycles. The van der Waals surface area contributed by atoms with E-state index in [-0.39, 0.29) is 5.91 Å². The van der Waals surface area contributed by atoms with Gasteiger partial charge in [-0.05, 0) is 37.1 Å². The van der Waals surface area contributed by atoms with E-state index >= 15 is 0 Å². The number of amides is 1. The van der Waals surface area contributed by atoms with Crippen molar-refractivity contribution < 1.29 is 13.9 Å². The molecule has 0 bridgehead atoms. The third kappa shape index (κ3) is 4.55. The Morgan fingerprint density at radius 3 is 2.85 bits per heavy atom. The quantitative estimate of drug-likeness (QED) is 0.745. The van der Waals surface area contributed by atoms with Crippen LogP contribution in [0.1, 0.15) is 28.3 Å². The van der Waals surface area contributed by atoms with E-state index in [1.165, 1.54) is 0 Å². The first-order valence-corrected chi connectivity index (χ1v) is 9.07. The van der Waals surface area contributed by atoms with E-state index in [0.29, 0.717) is 24.7 Å². The van der Waals surface area contributed by atoms with Crippen molar-refractivity contribution in [3.8, 4) is 5.75 Å². The first-order valence-electron chi connectivity index (χ1n) is 9.07. The molecule has 5 heteroatoms. The summed E-state index contributed by atoms with van der Waals surface area (Å²) in [7, 11) is 0. The standard InChI is InChI=1S/C21H26N2O3/c1-3-11-22-12-6-13-23(15-14-22)21(24)20-10-9-18(26-20)16-25-19-8-5-4-7-17(19)2/h3-5,7-10H,1,6,11-16H2,2H3. The van der Waals surface area contributed by atoms with Crippen molar-refractivity contribution in [2.24, 2.45) is 0 Å². The van der Waals surface area contributed by atoms with Gasteiger partial charge < -0.3 is 14.1 Å². The van der Waals surface area contributed by atoms with Crippen molar-refractivity contribution in [2.45, 2.75) is 20.0 Å². The Kier molecular flexibility index (Phi) is 6.12. The minimum absolute atomic E-state index is 0.0485. The highest BCUT2D eigenvalue weighted by Gasteiger charge is 2.22. The predicted molar refractivity (Wildman–Crippen MR) is 101 cm³/mol. The summed E-state index contributed by atoms with van der Waals surface area (Å²) < 4.78 is 11.5. The van der Waals surface area contributed by atoms with Gasteiger partial charge in [-0.2, -0.15) is 0 Å². The highest BCUT2D eigenvalue weighted by molar-refractivity contribution is 5.91. The van der Waals surface area contributed by atoms with Gasteiger partial charge in [-0.3, -0.25) is 9.69 Å². The molecule has 1 aromatic carbocycles. The lowest BCUT2D eigenvalue weighted by atomic mass is 10.2. The van der Waals surface area contributed by atoms with Crippen molar-refractivity contribution in [1.29, 1.82) is 0 Å². The molecule has 2 aromatic rings. The number of hydrogen-bond acceptors (Lipinski definition) is 4. The van der Waals surface area contributed by atoms with E-state index in [2.05, 4.69) is 11.5 Å². The van der Waals surface area contributed by atoms with Crippen molar-refractivity contribution in [3.63, 3.8) is 0 Å². The average Bonchev–Trinajstić information content (AvgIpc) is 3.00. The van der Waals surface area contributed by atoms with Crippen LogP contribution in [0.25, 0.3) is 0 Å². The van der Waals surface area contributed by atoms with Crippen molar-refractivity contribution in [1.82, 2.24) is 9.80 Å². The molecule has 0 aliphatic carbocycles. The van der Waals surface area contributed by atoms with Gasteiger partial charge >= 0.3 is 0 Å². The number of carbonyl (C=O) groups excluding carboxylic acids is 1. The van der Waals surface area contributed by atoms with Gasteiger partial charge in [0.1, 0.15) is 18.1 Å². The molecule has 3 rings (SSSR count). The fraction of sp³-hybridized carbons (Fsp3) is 0.381. The van der Waals surface area contributed by atoms with E-state index in [0.717, 1.165) is 43.9 Å². The third-order valence-corrected chi connectivity index (χ3v) is 4.60. The van der Waals surface area contributed by atoms with Crippen LogP contribution >= 0.6 is 0 Å². The Morgan fingerprint density at radius 2 is 2.04 bits per heavy atom. The van der Waals surface area contributed by atoms with Crippen LogP contribution in [0.4, 0.5) is 0 Å². The summed E-state index contributed by atoms with van der Waals surface area (Å²) in [6, 6.07) is 11.4. The van der Waals surface area contributed by atoms with E-state index in [4.69, 9.17) is 9.15 Å². The van der Waals surface area contributed by atoms with Crippen LogP contribution in [0.5, 0.6) is 5.75 Å². The Balaban J connectivity index is 1.57. The number of nitrogens with zero attached hydrogens (tertiary/aromatic N) is 2. The van der Waals surface area contributed by atoms with Gasteiger partial charge in [0.05, 0.1) is 0 Å². The third-order valence-electron chi connectivity index (χ3n) is 4.60. The first kappa shape index (κ1) is 18.3. The summed E-state index contributed by atoms with van der Waals surface area (Å²) in [6.45, 7) is 10.3. The number of ether oxygens (including phenoxy) is 1. The van der Waals surface area contributed by atoms with Gasteiger partial charge in [0.25, 0.3) is 5.91 Å². The summed E-state index contributed by atoms with van der Waals surface area (Å²) in [6.07, 6.45) is 2.87. The molecule has 1 aliphatic heterocycles. The smallest absolute Gasteiger partial charge is 0.289 e. The minimum Gasteiger partial charge on any atom is -0.485 e. The molecule has 0 saturated carbocycles. The van der Waals surface area contributed by atoms with E-state index in [9.17, 15) is 4.79 Å². The summed E-state index contributed by atoms with van der Waals surface area (Å²) in [5.41, 5.74) is 1.07. The molecular formula is C21H26N2O3. The van der Waals surface area contributed by atoms with Gasteiger partial charge in [0, 0.05) is 32.7 Å². The first-order chi connectivity index (χ1) is 12.7. The number of furan rings is 1. The largest absolute Gasteiger partial charge is 0.485 e. The summed E-state index contributed by atoms with van der Waals surface area (Å²) in [5, 5.41) is 0. The lowest BCUT2D eigenvalue weighted by molar-refractivity contribution is 0.0726. The summed E-state index contributed by atoms with van der Waals surface area (Å²) >= 11 is 0. The molecular weight excluding hydrogens is 328 g/mol. The van der Waals surface area contributed by atoms with Crippen LogP contribution in [0.3, 0.4) is 0 Å². The van der Waals surface area contributed by atoms with Gasteiger partial charge in [-0.15, -0.1) is 6.58 Å². The van der Waals surface area contributed by atoms with E-state index in [1.807, 2.05) is 48.2 Å². The van der Waals surface area contributed by atoms with Gasteiger partial charge in [-0.1, -0.05) is 24.3 Å². The minimum atomic E-state index is -0.0485. The SMILES string of the molecule is C=CCN1CCCN(C(=O)c2ccc(COc3ccccc3C)o2)CC1. The van der Waals surface area contributed by atoms with Gasteiger partial charge in [0.15, 0.2) is 5.76 Å². The number of benzene rings is 1. The number of carbonyl (C=O) groups is 1. The number of aryl methyl sites for hydroxylation is 1. The second kappa shape index (κ2) is 8.72. The van der Waals surface area contributed by atoms with Crippen molar-refractivity contribution >= 4 is 5.91 Å². The lowest BCUT2D eigenvalue weighted by Crippen LogP contribution is -2.35. The average molecular weight is 354 g/mol. The van der Waals surface area contributed by atoms with Crippen LogP contribution in [-0.4, -0.2) is 48.4 Å². The topological polar surface area (TPSA) is 45.9 Å². The molecule has 0 spiro atoms. The molecule has 1 saturated heterocycles. The Morgan fingerprint density at radius 1 is 1.19 bits per heavy atom. The van der Waals surface area contributed by atoms with Gasteiger partial charge in [-0.25, -0.2) is 0 Å². The molecule has 138 valence electrons.